The van der Waals surface area contributed by atoms with Crippen LogP contribution in [-0.4, -0.2) is 152 Å². The number of hydrogen-bond donors (Lipinski definition) is 2. The van der Waals surface area contributed by atoms with E-state index >= 15 is 0 Å². The molecular weight excluding hydrogens is 769 g/mol. The van der Waals surface area contributed by atoms with Crippen LogP contribution in [0.2, 0.25) is 0 Å². The minimum atomic E-state index is -0.706. The highest BCUT2D eigenvalue weighted by atomic mass is 16.6. The second-order valence-electron chi connectivity index (χ2n) is 14.6. The predicted molar refractivity (Wildman–Crippen MR) is 229 cm³/mol. The fourth-order valence-electron chi connectivity index (χ4n) is 6.94. The molecular formula is C46H62N4O10. The number of aliphatic hydroxyl groups is 2. The third-order valence-electron chi connectivity index (χ3n) is 10.3. The van der Waals surface area contributed by atoms with Crippen LogP contribution in [0.25, 0.3) is 11.4 Å². The Balaban J connectivity index is 1.02. The van der Waals surface area contributed by atoms with Gasteiger partial charge in [0, 0.05) is 62.8 Å². The Bertz CT molecular complexity index is 1610. The van der Waals surface area contributed by atoms with E-state index in [-0.39, 0.29) is 0 Å². The quantitative estimate of drug-likeness (QED) is 0.245. The summed E-state index contributed by atoms with van der Waals surface area (Å²) in [6.45, 7) is 11.6. The summed E-state index contributed by atoms with van der Waals surface area (Å²) in [5, 5.41) is 22.6. The molecule has 4 aromatic rings. The van der Waals surface area contributed by atoms with Crippen LogP contribution < -0.4 is 9.80 Å². The van der Waals surface area contributed by atoms with Crippen molar-refractivity contribution in [2.45, 2.75) is 25.0 Å². The van der Waals surface area contributed by atoms with Gasteiger partial charge in [0.15, 0.2) is 0 Å². The molecule has 6 rings (SSSR count). The lowest BCUT2D eigenvalue weighted by atomic mass is 9.99. The first-order chi connectivity index (χ1) is 29.6. The maximum atomic E-state index is 11.3. The standard InChI is InChI=1S/C46H62N4O10/c51-45(39-1-5-41(6-2-39)49-13-17-53-21-25-57-29-30-58-26-22-54-18-14-49)35-37-9-11-47-43(33-37)44-34-38(10-12-48-44)36-46(52)40-3-7-42(8-4-40)50-15-19-55-23-27-59-31-32-60-28-24-56-20-16-50/h1-12,33-34,45-46,51-52H,13-32,35-36H2. The molecule has 0 radical (unpaired) electrons. The van der Waals surface area contributed by atoms with E-state index in [4.69, 9.17) is 37.9 Å². The Hall–Kier alpha value is -4.06. The SMILES string of the molecule is OC(Cc1ccnc(-c2cc(CC(O)c3ccc(N4CCOCCOCCOCCOCC4)cc3)ccn2)c1)c1ccc(N2CCOCCOCCOCCOCC2)cc1. The number of rotatable bonds is 9. The van der Waals surface area contributed by atoms with E-state index in [1.54, 1.807) is 12.4 Å². The average molecular weight is 831 g/mol. The summed E-state index contributed by atoms with van der Waals surface area (Å²) < 4.78 is 45.4. The summed E-state index contributed by atoms with van der Waals surface area (Å²) in [4.78, 5) is 13.7. The fraction of sp³-hybridized carbons (Fsp3) is 0.522. The molecule has 326 valence electrons. The predicted octanol–water partition coefficient (Wildman–Crippen LogP) is 4.47. The van der Waals surface area contributed by atoms with Crippen LogP contribution in [0.5, 0.6) is 0 Å². The number of benzene rings is 2. The minimum Gasteiger partial charge on any atom is -0.388 e. The van der Waals surface area contributed by atoms with E-state index < -0.39 is 12.2 Å². The molecule has 2 aliphatic heterocycles. The van der Waals surface area contributed by atoms with Crippen molar-refractivity contribution in [2.24, 2.45) is 0 Å². The zero-order valence-electron chi connectivity index (χ0n) is 34.7. The van der Waals surface area contributed by atoms with Gasteiger partial charge >= 0.3 is 0 Å². The van der Waals surface area contributed by atoms with Crippen LogP contribution in [-0.2, 0) is 50.7 Å². The van der Waals surface area contributed by atoms with Gasteiger partial charge in [-0.1, -0.05) is 24.3 Å². The average Bonchev–Trinajstić information content (AvgIpc) is 3.30. The van der Waals surface area contributed by atoms with Crippen molar-refractivity contribution < 1.29 is 48.1 Å². The molecule has 2 aromatic heterocycles. The summed E-state index contributed by atoms with van der Waals surface area (Å²) in [7, 11) is 0. The van der Waals surface area contributed by atoms with E-state index in [0.29, 0.717) is 156 Å². The summed E-state index contributed by atoms with van der Waals surface area (Å²) in [6.07, 6.45) is 2.92. The molecule has 14 heteroatoms. The number of aromatic nitrogens is 2. The van der Waals surface area contributed by atoms with Gasteiger partial charge in [-0.3, -0.25) is 9.97 Å². The topological polar surface area (TPSA) is 147 Å². The molecule has 2 saturated heterocycles. The first kappa shape index (κ1) is 45.5. The van der Waals surface area contributed by atoms with E-state index in [1.165, 1.54) is 0 Å². The molecule has 2 N–H and O–H groups in total. The molecule has 2 atom stereocenters. The van der Waals surface area contributed by atoms with Crippen molar-refractivity contribution in [2.75, 3.05) is 142 Å². The van der Waals surface area contributed by atoms with Crippen LogP contribution in [0.3, 0.4) is 0 Å². The van der Waals surface area contributed by atoms with Gasteiger partial charge in [-0.05, 0) is 70.8 Å². The molecule has 2 fully saturated rings. The van der Waals surface area contributed by atoms with Gasteiger partial charge in [-0.2, -0.15) is 0 Å². The molecule has 4 heterocycles. The van der Waals surface area contributed by atoms with Gasteiger partial charge in [0.25, 0.3) is 0 Å². The lowest BCUT2D eigenvalue weighted by Crippen LogP contribution is -2.31. The molecule has 2 aromatic carbocycles. The third kappa shape index (κ3) is 15.8. The second kappa shape index (κ2) is 26.3. The maximum absolute atomic E-state index is 11.3. The number of aliphatic hydroxyl groups excluding tert-OH is 2. The number of pyridine rings is 2. The third-order valence-corrected chi connectivity index (χ3v) is 10.3. The first-order valence-corrected chi connectivity index (χ1v) is 21.2. The van der Waals surface area contributed by atoms with Crippen molar-refractivity contribution >= 4 is 11.4 Å². The molecule has 60 heavy (non-hydrogen) atoms. The smallest absolute Gasteiger partial charge is 0.0888 e. The number of ether oxygens (including phenoxy) is 8. The van der Waals surface area contributed by atoms with Crippen LogP contribution in [0.4, 0.5) is 11.4 Å². The van der Waals surface area contributed by atoms with E-state index in [1.807, 2.05) is 72.8 Å². The van der Waals surface area contributed by atoms with Crippen molar-refractivity contribution in [1.29, 1.82) is 0 Å². The van der Waals surface area contributed by atoms with E-state index in [9.17, 15) is 10.2 Å². The normalized spacial score (nSPS) is 19.2. The Labute approximate surface area is 354 Å². The molecule has 0 spiro atoms. The Kier molecular flexibility index (Phi) is 19.9. The largest absolute Gasteiger partial charge is 0.388 e. The highest BCUT2D eigenvalue weighted by Gasteiger charge is 2.16. The van der Waals surface area contributed by atoms with Crippen molar-refractivity contribution in [1.82, 2.24) is 9.97 Å². The van der Waals surface area contributed by atoms with Crippen LogP contribution in [0, 0.1) is 0 Å². The van der Waals surface area contributed by atoms with Crippen LogP contribution in [0.15, 0.2) is 85.2 Å². The number of hydrogen-bond acceptors (Lipinski definition) is 14. The molecule has 0 aliphatic carbocycles. The molecule has 2 unspecified atom stereocenters. The van der Waals surface area contributed by atoms with Crippen LogP contribution >= 0.6 is 0 Å². The molecule has 14 nitrogen and oxygen atoms in total. The zero-order chi connectivity index (χ0) is 41.5. The summed E-state index contributed by atoms with van der Waals surface area (Å²) in [5.41, 5.74) is 7.02. The lowest BCUT2D eigenvalue weighted by molar-refractivity contribution is 0.00206. The zero-order valence-corrected chi connectivity index (χ0v) is 34.7. The maximum Gasteiger partial charge on any atom is 0.0888 e. The fourth-order valence-corrected chi connectivity index (χ4v) is 6.94. The Morgan fingerprint density at radius 2 is 0.683 bits per heavy atom. The van der Waals surface area contributed by atoms with Gasteiger partial charge in [-0.15, -0.1) is 0 Å². The highest BCUT2D eigenvalue weighted by Crippen LogP contribution is 2.26. The number of anilines is 2. The van der Waals surface area contributed by atoms with Crippen molar-refractivity contribution in [3.8, 4) is 11.4 Å². The van der Waals surface area contributed by atoms with Crippen molar-refractivity contribution in [3.05, 3.63) is 107 Å². The van der Waals surface area contributed by atoms with Gasteiger partial charge in [0.1, 0.15) is 0 Å². The number of nitrogens with zero attached hydrogens (tertiary/aromatic N) is 4. The van der Waals surface area contributed by atoms with Gasteiger partial charge in [-0.25, -0.2) is 0 Å². The van der Waals surface area contributed by atoms with Gasteiger partial charge in [0.05, 0.1) is 129 Å². The molecule has 0 bridgehead atoms. The summed E-state index contributed by atoms with van der Waals surface area (Å²) >= 11 is 0. The van der Waals surface area contributed by atoms with Gasteiger partial charge in [0.2, 0.25) is 0 Å². The highest BCUT2D eigenvalue weighted by molar-refractivity contribution is 5.56. The Morgan fingerprint density at radius 3 is 0.983 bits per heavy atom. The second-order valence-corrected chi connectivity index (χ2v) is 14.6. The lowest BCUT2D eigenvalue weighted by Gasteiger charge is -2.25. The summed E-state index contributed by atoms with van der Waals surface area (Å²) in [6, 6.07) is 23.8. The first-order valence-electron chi connectivity index (χ1n) is 21.2. The molecule has 2 aliphatic rings. The molecule has 0 saturated carbocycles. The van der Waals surface area contributed by atoms with Crippen molar-refractivity contribution in [3.63, 3.8) is 0 Å². The monoisotopic (exact) mass is 830 g/mol. The van der Waals surface area contributed by atoms with Crippen LogP contribution in [0.1, 0.15) is 34.5 Å². The minimum absolute atomic E-state index is 0.417. The van der Waals surface area contributed by atoms with E-state index in [0.717, 1.165) is 33.6 Å². The summed E-state index contributed by atoms with van der Waals surface area (Å²) in [5.74, 6) is 0. The molecule has 0 amide bonds. The Morgan fingerprint density at radius 1 is 0.400 bits per heavy atom. The van der Waals surface area contributed by atoms with E-state index in [2.05, 4.69) is 19.8 Å². The van der Waals surface area contributed by atoms with Gasteiger partial charge < -0.3 is 57.9 Å².